The summed E-state index contributed by atoms with van der Waals surface area (Å²) in [6.45, 7) is 7.04. The number of hydrogen-bond acceptors (Lipinski definition) is 5. The van der Waals surface area contributed by atoms with Crippen molar-refractivity contribution in [2.45, 2.75) is 49.6 Å². The van der Waals surface area contributed by atoms with Crippen molar-refractivity contribution in [3.05, 3.63) is 53.6 Å². The zero-order valence-corrected chi connectivity index (χ0v) is 19.0. The van der Waals surface area contributed by atoms with Crippen LogP contribution in [0.15, 0.2) is 52.3 Å². The molecule has 0 aliphatic heterocycles. The Labute approximate surface area is 177 Å². The molecule has 0 saturated carbocycles. The van der Waals surface area contributed by atoms with Crippen LogP contribution in [0.3, 0.4) is 0 Å². The summed E-state index contributed by atoms with van der Waals surface area (Å²) in [5.41, 5.74) is 1.66. The van der Waals surface area contributed by atoms with Crippen LogP contribution in [0.5, 0.6) is 5.75 Å². The molecule has 1 amide bonds. The molecule has 2 aromatic rings. The molecular formula is C21H28N2O4S2. The van der Waals surface area contributed by atoms with Gasteiger partial charge in [-0.05, 0) is 75.4 Å². The van der Waals surface area contributed by atoms with E-state index in [1.165, 1.54) is 17.0 Å². The van der Waals surface area contributed by atoms with E-state index in [9.17, 15) is 13.2 Å². The maximum atomic E-state index is 12.3. The number of sulfonamides is 1. The Balaban J connectivity index is 1.95. The molecule has 0 unspecified atom stereocenters. The number of hydrogen-bond donors (Lipinski definition) is 2. The fourth-order valence-corrected chi connectivity index (χ4v) is 4.48. The second-order valence-corrected chi connectivity index (χ2v) is 9.65. The van der Waals surface area contributed by atoms with Crippen LogP contribution >= 0.6 is 11.8 Å². The molecule has 0 bridgehead atoms. The number of benzene rings is 2. The van der Waals surface area contributed by atoms with Gasteiger partial charge in [0.05, 0.1) is 10.9 Å². The molecule has 29 heavy (non-hydrogen) atoms. The van der Waals surface area contributed by atoms with Gasteiger partial charge in [-0.15, -0.1) is 11.8 Å². The van der Waals surface area contributed by atoms with Gasteiger partial charge in [-0.2, -0.15) is 0 Å². The van der Waals surface area contributed by atoms with Gasteiger partial charge >= 0.3 is 0 Å². The van der Waals surface area contributed by atoms with Crippen LogP contribution in [0.4, 0.5) is 0 Å². The molecule has 0 aromatic heterocycles. The Morgan fingerprint density at radius 1 is 1.10 bits per heavy atom. The fraction of sp³-hybridized carbons (Fsp3) is 0.381. The van der Waals surface area contributed by atoms with E-state index >= 15 is 0 Å². The van der Waals surface area contributed by atoms with E-state index in [1.807, 2.05) is 37.4 Å². The number of rotatable bonds is 9. The predicted molar refractivity (Wildman–Crippen MR) is 117 cm³/mol. The fourth-order valence-electron chi connectivity index (χ4n) is 2.73. The first-order valence-corrected chi connectivity index (χ1v) is 12.0. The molecule has 0 heterocycles. The predicted octanol–water partition coefficient (Wildman–Crippen LogP) is 3.66. The first-order chi connectivity index (χ1) is 13.6. The van der Waals surface area contributed by atoms with Crippen molar-refractivity contribution in [3.8, 4) is 5.75 Å². The number of ether oxygens (including phenoxy) is 1. The monoisotopic (exact) mass is 436 g/mol. The molecule has 6 nitrogen and oxygen atoms in total. The van der Waals surface area contributed by atoms with E-state index in [1.54, 1.807) is 38.6 Å². The number of carbonyl (C=O) groups excluding carboxylic acids is 1. The first kappa shape index (κ1) is 23.3. The summed E-state index contributed by atoms with van der Waals surface area (Å²) in [4.78, 5) is 13.6. The number of thioether (sulfide) groups is 1. The van der Waals surface area contributed by atoms with Gasteiger partial charge in [-0.1, -0.05) is 12.1 Å². The molecule has 2 N–H and O–H groups in total. The molecule has 0 fully saturated rings. The Bertz CT molecular complexity index is 942. The largest absolute Gasteiger partial charge is 0.484 e. The van der Waals surface area contributed by atoms with Crippen molar-refractivity contribution in [2.24, 2.45) is 0 Å². The highest BCUT2D eigenvalue weighted by atomic mass is 32.2. The Morgan fingerprint density at radius 3 is 2.31 bits per heavy atom. The summed E-state index contributed by atoms with van der Waals surface area (Å²) in [6, 6.07) is 12.3. The second-order valence-electron chi connectivity index (χ2n) is 7.05. The van der Waals surface area contributed by atoms with Gasteiger partial charge in [0.15, 0.2) is 6.61 Å². The Morgan fingerprint density at radius 2 is 1.76 bits per heavy atom. The first-order valence-electron chi connectivity index (χ1n) is 9.31. The van der Waals surface area contributed by atoms with Gasteiger partial charge in [-0.3, -0.25) is 4.79 Å². The molecule has 1 atom stereocenters. The molecule has 0 spiro atoms. The van der Waals surface area contributed by atoms with Gasteiger partial charge in [-0.25, -0.2) is 13.1 Å². The van der Waals surface area contributed by atoms with Crippen LogP contribution < -0.4 is 14.8 Å². The average Bonchev–Trinajstić information content (AvgIpc) is 2.66. The summed E-state index contributed by atoms with van der Waals surface area (Å²) >= 11 is 1.67. The minimum absolute atomic E-state index is 0.141. The lowest BCUT2D eigenvalue weighted by molar-refractivity contribution is -0.123. The molecule has 8 heteroatoms. The SMILES string of the molecule is CSc1ccc([C@@H](C)NC(=O)COc2ccc(S(=O)(=O)NC(C)C)cc2C)cc1. The summed E-state index contributed by atoms with van der Waals surface area (Å²) in [7, 11) is -3.57. The summed E-state index contributed by atoms with van der Waals surface area (Å²) in [6.07, 6.45) is 2.02. The standard InChI is InChI=1S/C21H28N2O4S2/c1-14(2)23-29(25,26)19-10-11-20(15(3)12-19)27-13-21(24)22-16(4)17-6-8-18(28-5)9-7-17/h6-12,14,16,23H,13H2,1-5H3,(H,22,24)/t16-/m1/s1. The zero-order valence-electron chi connectivity index (χ0n) is 17.4. The quantitative estimate of drug-likeness (QED) is 0.586. The normalized spacial score (nSPS) is 12.6. The van der Waals surface area contributed by atoms with Crippen LogP contribution in [0.25, 0.3) is 0 Å². The van der Waals surface area contributed by atoms with Gasteiger partial charge in [0.2, 0.25) is 10.0 Å². The van der Waals surface area contributed by atoms with Crippen molar-refractivity contribution < 1.29 is 17.9 Å². The number of aryl methyl sites for hydroxylation is 1. The Hall–Kier alpha value is -2.03. The lowest BCUT2D eigenvalue weighted by Crippen LogP contribution is -2.31. The highest BCUT2D eigenvalue weighted by Crippen LogP contribution is 2.22. The summed E-state index contributed by atoms with van der Waals surface area (Å²) in [5.74, 6) is 0.227. The van der Waals surface area contributed by atoms with Gasteiger partial charge in [0.25, 0.3) is 5.91 Å². The second kappa shape index (κ2) is 10.1. The van der Waals surface area contributed by atoms with Crippen LogP contribution in [0.2, 0.25) is 0 Å². The maximum absolute atomic E-state index is 12.3. The number of nitrogens with one attached hydrogen (secondary N) is 2. The number of amides is 1. The van der Waals surface area contributed by atoms with Gasteiger partial charge < -0.3 is 10.1 Å². The van der Waals surface area contributed by atoms with E-state index in [0.29, 0.717) is 11.3 Å². The van der Waals surface area contributed by atoms with E-state index in [4.69, 9.17) is 4.74 Å². The lowest BCUT2D eigenvalue weighted by Gasteiger charge is -2.16. The van der Waals surface area contributed by atoms with Crippen molar-refractivity contribution in [1.82, 2.24) is 10.0 Å². The molecule has 0 radical (unpaired) electrons. The maximum Gasteiger partial charge on any atom is 0.258 e. The highest BCUT2D eigenvalue weighted by Gasteiger charge is 2.17. The molecule has 0 saturated heterocycles. The minimum Gasteiger partial charge on any atom is -0.484 e. The molecular weight excluding hydrogens is 408 g/mol. The molecule has 2 aromatic carbocycles. The zero-order chi connectivity index (χ0) is 21.6. The average molecular weight is 437 g/mol. The third-order valence-corrected chi connectivity index (χ3v) is 6.60. The van der Waals surface area contributed by atoms with Crippen LogP contribution in [0.1, 0.15) is 37.9 Å². The molecule has 158 valence electrons. The summed E-state index contributed by atoms with van der Waals surface area (Å²) < 4.78 is 32.6. The topological polar surface area (TPSA) is 84.5 Å². The van der Waals surface area contributed by atoms with Crippen LogP contribution in [0, 0.1) is 6.92 Å². The molecule has 0 aliphatic carbocycles. The highest BCUT2D eigenvalue weighted by molar-refractivity contribution is 7.98. The van der Waals surface area contributed by atoms with E-state index < -0.39 is 10.0 Å². The minimum atomic E-state index is -3.57. The smallest absolute Gasteiger partial charge is 0.258 e. The molecule has 2 rings (SSSR count). The van der Waals surface area contributed by atoms with Crippen molar-refractivity contribution in [1.29, 1.82) is 0 Å². The van der Waals surface area contributed by atoms with E-state index in [0.717, 1.165) is 5.56 Å². The number of carbonyl (C=O) groups is 1. The summed E-state index contributed by atoms with van der Waals surface area (Å²) in [5, 5.41) is 2.90. The van der Waals surface area contributed by atoms with Crippen molar-refractivity contribution in [2.75, 3.05) is 12.9 Å². The third kappa shape index (κ3) is 6.76. The molecule has 0 aliphatic rings. The van der Waals surface area contributed by atoms with Crippen LogP contribution in [-0.4, -0.2) is 33.2 Å². The van der Waals surface area contributed by atoms with E-state index in [2.05, 4.69) is 10.0 Å². The lowest BCUT2D eigenvalue weighted by atomic mass is 10.1. The van der Waals surface area contributed by atoms with Crippen molar-refractivity contribution in [3.63, 3.8) is 0 Å². The van der Waals surface area contributed by atoms with Gasteiger partial charge in [0, 0.05) is 10.9 Å². The van der Waals surface area contributed by atoms with Crippen LogP contribution in [-0.2, 0) is 14.8 Å². The van der Waals surface area contributed by atoms with Crippen molar-refractivity contribution >= 4 is 27.7 Å². The third-order valence-electron chi connectivity index (χ3n) is 4.20. The van der Waals surface area contributed by atoms with Gasteiger partial charge in [0.1, 0.15) is 5.75 Å². The Kier molecular flexibility index (Phi) is 8.13. The van der Waals surface area contributed by atoms with E-state index in [-0.39, 0.29) is 29.5 Å².